The highest BCUT2D eigenvalue weighted by molar-refractivity contribution is 5.82. The minimum Gasteiger partial charge on any atom is -0.0654 e. The number of rotatable bonds is 5. The molecule has 0 aliphatic heterocycles. The second-order valence-electron chi connectivity index (χ2n) is 5.25. The normalized spacial score (nSPS) is 12.3. The second kappa shape index (κ2) is 5.61. The highest BCUT2D eigenvalue weighted by Gasteiger charge is 2.20. The van der Waals surface area contributed by atoms with E-state index in [1.165, 1.54) is 53.5 Å². The zero-order valence-electron chi connectivity index (χ0n) is 11.5. The van der Waals surface area contributed by atoms with Crippen LogP contribution in [0.3, 0.4) is 0 Å². The Bertz CT molecular complexity index is 566. The van der Waals surface area contributed by atoms with Gasteiger partial charge in [0, 0.05) is 6.42 Å². The van der Waals surface area contributed by atoms with Crippen molar-refractivity contribution in [2.45, 2.75) is 39.0 Å². The van der Waals surface area contributed by atoms with Crippen molar-refractivity contribution in [2.75, 3.05) is 0 Å². The third-order valence-electron chi connectivity index (χ3n) is 3.89. The van der Waals surface area contributed by atoms with Crippen LogP contribution < -0.4 is 0 Å². The van der Waals surface area contributed by atoms with Gasteiger partial charge in [-0.2, -0.15) is 0 Å². The predicted molar refractivity (Wildman–Crippen MR) is 79.9 cm³/mol. The van der Waals surface area contributed by atoms with Gasteiger partial charge in [-0.25, -0.2) is 0 Å². The average Bonchev–Trinajstić information content (AvgIpc) is 2.83. The molecule has 0 saturated carbocycles. The van der Waals surface area contributed by atoms with Crippen LogP contribution in [0.5, 0.6) is 0 Å². The topological polar surface area (TPSA) is 0 Å². The fourth-order valence-corrected chi connectivity index (χ4v) is 2.85. The zero-order chi connectivity index (χ0) is 13.1. The average molecular weight is 247 g/mol. The van der Waals surface area contributed by atoms with Gasteiger partial charge in [-0.05, 0) is 58.9 Å². The summed E-state index contributed by atoms with van der Waals surface area (Å²) in [5.41, 5.74) is 6.77. The number of fused-ring (bicyclic) bond motifs is 3. The molecule has 95 valence electrons. The summed E-state index contributed by atoms with van der Waals surface area (Å²) in [7, 11) is 0. The molecule has 0 fully saturated rings. The lowest BCUT2D eigenvalue weighted by molar-refractivity contribution is 0.666. The van der Waals surface area contributed by atoms with Crippen LogP contribution in [0.25, 0.3) is 11.1 Å². The standard InChI is InChI=1S/C19H19/c1-2-3-4-5-9-15-11-8-13-18-17-12-7-6-10-16(17)14-19(15)18/h7-8,10,12-14H,2-5,9H2,1H3. The summed E-state index contributed by atoms with van der Waals surface area (Å²) in [5.74, 6) is 0. The Kier molecular flexibility index (Phi) is 3.68. The number of aryl methyl sites for hydroxylation is 1. The first kappa shape index (κ1) is 12.5. The zero-order valence-corrected chi connectivity index (χ0v) is 11.5. The fraction of sp³-hybridized carbons (Fsp3) is 0.316. The van der Waals surface area contributed by atoms with Crippen LogP contribution in [0, 0.1) is 18.6 Å². The summed E-state index contributed by atoms with van der Waals surface area (Å²) >= 11 is 0. The van der Waals surface area contributed by atoms with Gasteiger partial charge in [-0.1, -0.05) is 50.5 Å². The largest absolute Gasteiger partial charge is 0.0654 e. The third-order valence-corrected chi connectivity index (χ3v) is 3.89. The van der Waals surface area contributed by atoms with Gasteiger partial charge in [-0.3, -0.25) is 0 Å². The summed E-state index contributed by atoms with van der Waals surface area (Å²) < 4.78 is 0. The van der Waals surface area contributed by atoms with E-state index in [0.29, 0.717) is 0 Å². The molecule has 0 amide bonds. The highest BCUT2D eigenvalue weighted by atomic mass is 14.2. The summed E-state index contributed by atoms with van der Waals surface area (Å²) in [5, 5.41) is 0. The molecule has 19 heavy (non-hydrogen) atoms. The molecule has 0 heterocycles. The summed E-state index contributed by atoms with van der Waals surface area (Å²) in [4.78, 5) is 0. The first-order valence-corrected chi connectivity index (χ1v) is 7.29. The van der Waals surface area contributed by atoms with E-state index in [1.807, 2.05) is 6.07 Å². The molecule has 0 heteroatoms. The molecular weight excluding hydrogens is 228 g/mol. The molecule has 0 nitrogen and oxygen atoms in total. The van der Waals surface area contributed by atoms with Crippen molar-refractivity contribution in [3.63, 3.8) is 0 Å². The second-order valence-corrected chi connectivity index (χ2v) is 5.25. The first-order chi connectivity index (χ1) is 9.40. The maximum absolute atomic E-state index is 3.44. The predicted octanol–water partition coefficient (Wildman–Crippen LogP) is 4.99. The lowest BCUT2D eigenvalue weighted by Crippen LogP contribution is -1.92. The minimum absolute atomic E-state index is 1.15. The molecule has 0 unspecified atom stereocenters. The number of hydrogen-bond donors (Lipinski definition) is 0. The van der Waals surface area contributed by atoms with Gasteiger partial charge in [0.1, 0.15) is 0 Å². The van der Waals surface area contributed by atoms with Gasteiger partial charge in [0.05, 0.1) is 0 Å². The summed E-state index contributed by atoms with van der Waals surface area (Å²) in [6.07, 6.45) is 8.69. The van der Waals surface area contributed by atoms with Crippen LogP contribution in [0.2, 0.25) is 0 Å². The van der Waals surface area contributed by atoms with Gasteiger partial charge >= 0.3 is 0 Å². The van der Waals surface area contributed by atoms with E-state index < -0.39 is 0 Å². The van der Waals surface area contributed by atoms with Gasteiger partial charge in [0.25, 0.3) is 0 Å². The van der Waals surface area contributed by atoms with Gasteiger partial charge in [0.15, 0.2) is 0 Å². The van der Waals surface area contributed by atoms with Crippen LogP contribution in [-0.2, 0) is 6.42 Å². The van der Waals surface area contributed by atoms with Crippen molar-refractivity contribution >= 4 is 0 Å². The van der Waals surface area contributed by atoms with Gasteiger partial charge in [-0.15, -0.1) is 0 Å². The molecule has 1 aliphatic carbocycles. The van der Waals surface area contributed by atoms with Crippen molar-refractivity contribution in [1.82, 2.24) is 0 Å². The van der Waals surface area contributed by atoms with Crippen LogP contribution in [-0.4, -0.2) is 0 Å². The third kappa shape index (κ3) is 2.45. The summed E-state index contributed by atoms with van der Waals surface area (Å²) in [6.45, 7) is 2.26. The molecule has 3 radical (unpaired) electrons. The Morgan fingerprint density at radius 2 is 1.89 bits per heavy atom. The van der Waals surface area contributed by atoms with E-state index >= 15 is 0 Å². The number of hydrogen-bond acceptors (Lipinski definition) is 0. The molecule has 0 aromatic heterocycles. The molecule has 0 spiro atoms. The van der Waals surface area contributed by atoms with Gasteiger partial charge in [0.2, 0.25) is 0 Å². The Labute approximate surface area is 116 Å². The molecular formula is C19H19. The van der Waals surface area contributed by atoms with Crippen molar-refractivity contribution in [1.29, 1.82) is 0 Å². The van der Waals surface area contributed by atoms with E-state index in [-0.39, 0.29) is 0 Å². The Hall–Kier alpha value is -1.56. The monoisotopic (exact) mass is 247 g/mol. The van der Waals surface area contributed by atoms with E-state index in [0.717, 1.165) is 6.42 Å². The Balaban J connectivity index is 1.82. The maximum atomic E-state index is 3.44. The SMILES string of the molecule is CCCCCCc1[c]ccc2c1[CH]c1c[c]ccc1-2. The molecule has 0 saturated heterocycles. The van der Waals surface area contributed by atoms with Crippen molar-refractivity contribution in [3.05, 3.63) is 65.6 Å². The Morgan fingerprint density at radius 1 is 1.00 bits per heavy atom. The fourth-order valence-electron chi connectivity index (χ4n) is 2.85. The van der Waals surface area contributed by atoms with E-state index in [2.05, 4.69) is 49.7 Å². The van der Waals surface area contributed by atoms with Gasteiger partial charge < -0.3 is 0 Å². The van der Waals surface area contributed by atoms with Crippen molar-refractivity contribution in [3.8, 4) is 11.1 Å². The van der Waals surface area contributed by atoms with E-state index in [9.17, 15) is 0 Å². The summed E-state index contributed by atoms with van der Waals surface area (Å²) in [6, 6.07) is 17.1. The van der Waals surface area contributed by atoms with Crippen LogP contribution in [0.1, 0.15) is 49.3 Å². The van der Waals surface area contributed by atoms with Crippen LogP contribution >= 0.6 is 0 Å². The minimum atomic E-state index is 1.15. The lowest BCUT2D eigenvalue weighted by Gasteiger charge is -2.07. The first-order valence-electron chi connectivity index (χ1n) is 7.29. The Morgan fingerprint density at radius 3 is 2.79 bits per heavy atom. The molecule has 3 rings (SSSR count). The molecule has 1 aliphatic rings. The van der Waals surface area contributed by atoms with Crippen LogP contribution in [0.15, 0.2) is 30.3 Å². The number of benzene rings is 2. The quantitative estimate of drug-likeness (QED) is 0.557. The molecule has 2 aromatic rings. The lowest BCUT2D eigenvalue weighted by atomic mass is 9.97. The molecule has 0 atom stereocenters. The molecule has 2 aromatic carbocycles. The van der Waals surface area contributed by atoms with Crippen LogP contribution in [0.4, 0.5) is 0 Å². The molecule has 0 N–H and O–H groups in total. The maximum Gasteiger partial charge on any atom is 0.0215 e. The number of unbranched alkanes of at least 4 members (excludes halogenated alkanes) is 3. The van der Waals surface area contributed by atoms with E-state index in [4.69, 9.17) is 0 Å². The molecule has 0 bridgehead atoms. The van der Waals surface area contributed by atoms with Crippen molar-refractivity contribution in [2.24, 2.45) is 0 Å². The smallest absolute Gasteiger partial charge is 0.0215 e. The van der Waals surface area contributed by atoms with Crippen molar-refractivity contribution < 1.29 is 0 Å². The van der Waals surface area contributed by atoms with E-state index in [1.54, 1.807) is 0 Å². The highest BCUT2D eigenvalue weighted by Crippen LogP contribution is 2.39.